The lowest BCUT2D eigenvalue weighted by molar-refractivity contribution is -0.151. The van der Waals surface area contributed by atoms with Gasteiger partial charge in [0.25, 0.3) is 0 Å². The Balaban J connectivity index is 2.72. The number of hydrogen-bond acceptors (Lipinski definition) is 3. The third kappa shape index (κ3) is 1.25. The Morgan fingerprint density at radius 2 is 2.27 bits per heavy atom. The lowest BCUT2D eigenvalue weighted by atomic mass is 10.00. The van der Waals surface area contributed by atoms with Crippen LogP contribution in [-0.2, 0) is 9.53 Å². The molecule has 1 atom stereocenters. The minimum Gasteiger partial charge on any atom is -0.468 e. The van der Waals surface area contributed by atoms with E-state index < -0.39 is 0 Å². The van der Waals surface area contributed by atoms with Crippen LogP contribution < -0.4 is 0 Å². The SMILES string of the molecule is COC(=O)[C@]1(C)CCCN1C. The minimum atomic E-state index is -0.366. The summed E-state index contributed by atoms with van der Waals surface area (Å²) in [6.45, 7) is 2.93. The predicted molar refractivity (Wildman–Crippen MR) is 42.3 cm³/mol. The van der Waals surface area contributed by atoms with Crippen molar-refractivity contribution in [1.82, 2.24) is 4.90 Å². The summed E-state index contributed by atoms with van der Waals surface area (Å²) in [6, 6.07) is 0. The molecule has 0 N–H and O–H groups in total. The second-order valence-corrected chi connectivity index (χ2v) is 3.29. The van der Waals surface area contributed by atoms with Crippen LogP contribution in [0, 0.1) is 0 Å². The van der Waals surface area contributed by atoms with Crippen molar-refractivity contribution < 1.29 is 9.53 Å². The van der Waals surface area contributed by atoms with Gasteiger partial charge in [0.15, 0.2) is 0 Å². The first-order valence-corrected chi connectivity index (χ1v) is 3.91. The summed E-state index contributed by atoms with van der Waals surface area (Å²) in [5, 5.41) is 0. The third-order valence-electron chi connectivity index (χ3n) is 2.62. The normalized spacial score (nSPS) is 32.3. The Morgan fingerprint density at radius 1 is 1.64 bits per heavy atom. The molecular weight excluding hydrogens is 142 g/mol. The molecule has 0 spiro atoms. The lowest BCUT2D eigenvalue weighted by Crippen LogP contribution is -2.46. The number of methoxy groups -OCH3 is 1. The van der Waals surface area contributed by atoms with Crippen molar-refractivity contribution in [2.45, 2.75) is 25.3 Å². The fraction of sp³-hybridized carbons (Fsp3) is 0.875. The Bertz CT molecular complexity index is 169. The highest BCUT2D eigenvalue weighted by Crippen LogP contribution is 2.27. The first kappa shape index (κ1) is 8.53. The van der Waals surface area contributed by atoms with Gasteiger partial charge in [-0.2, -0.15) is 0 Å². The predicted octanol–water partition coefficient (Wildman–Crippen LogP) is 0.644. The van der Waals surface area contributed by atoms with Crippen LogP contribution in [-0.4, -0.2) is 37.1 Å². The Hall–Kier alpha value is -0.570. The number of nitrogens with zero attached hydrogens (tertiary/aromatic N) is 1. The van der Waals surface area contributed by atoms with Crippen molar-refractivity contribution >= 4 is 5.97 Å². The van der Waals surface area contributed by atoms with Gasteiger partial charge in [-0.05, 0) is 33.4 Å². The van der Waals surface area contributed by atoms with Gasteiger partial charge in [-0.25, -0.2) is 0 Å². The Labute approximate surface area is 67.3 Å². The molecule has 0 aromatic carbocycles. The summed E-state index contributed by atoms with van der Waals surface area (Å²) in [6.07, 6.45) is 2.00. The van der Waals surface area contributed by atoms with Gasteiger partial charge >= 0.3 is 5.97 Å². The fourth-order valence-electron chi connectivity index (χ4n) is 1.58. The molecule has 1 aliphatic heterocycles. The van der Waals surface area contributed by atoms with Crippen LogP contribution in [0.2, 0.25) is 0 Å². The van der Waals surface area contributed by atoms with Gasteiger partial charge in [-0.1, -0.05) is 0 Å². The maximum absolute atomic E-state index is 11.3. The van der Waals surface area contributed by atoms with Crippen LogP contribution in [0.3, 0.4) is 0 Å². The molecule has 1 rings (SSSR count). The summed E-state index contributed by atoms with van der Waals surface area (Å²) in [5.41, 5.74) is -0.366. The minimum absolute atomic E-state index is 0.113. The molecule has 0 aliphatic carbocycles. The molecule has 0 saturated carbocycles. The van der Waals surface area contributed by atoms with E-state index >= 15 is 0 Å². The van der Waals surface area contributed by atoms with Gasteiger partial charge in [0, 0.05) is 0 Å². The van der Waals surface area contributed by atoms with E-state index in [-0.39, 0.29) is 11.5 Å². The zero-order valence-electron chi connectivity index (χ0n) is 7.39. The summed E-state index contributed by atoms with van der Waals surface area (Å²) < 4.78 is 4.73. The van der Waals surface area contributed by atoms with Crippen molar-refractivity contribution in [3.8, 4) is 0 Å². The van der Waals surface area contributed by atoms with Gasteiger partial charge in [-0.15, -0.1) is 0 Å². The smallest absolute Gasteiger partial charge is 0.325 e. The average Bonchev–Trinajstić information content (AvgIpc) is 2.32. The van der Waals surface area contributed by atoms with E-state index in [1.165, 1.54) is 7.11 Å². The quantitative estimate of drug-likeness (QED) is 0.523. The molecule has 0 bridgehead atoms. The van der Waals surface area contributed by atoms with Gasteiger partial charge in [0.05, 0.1) is 7.11 Å². The number of ether oxygens (including phenoxy) is 1. The highest BCUT2D eigenvalue weighted by molar-refractivity contribution is 5.80. The molecule has 0 aromatic heterocycles. The van der Waals surface area contributed by atoms with Gasteiger partial charge < -0.3 is 4.74 Å². The van der Waals surface area contributed by atoms with Gasteiger partial charge in [0.2, 0.25) is 0 Å². The molecule has 1 aliphatic rings. The number of carbonyl (C=O) groups excluding carboxylic acids is 1. The first-order valence-electron chi connectivity index (χ1n) is 3.91. The molecule has 0 aromatic rings. The zero-order valence-corrected chi connectivity index (χ0v) is 7.39. The van der Waals surface area contributed by atoms with E-state index in [2.05, 4.69) is 4.90 Å². The highest BCUT2D eigenvalue weighted by Gasteiger charge is 2.41. The lowest BCUT2D eigenvalue weighted by Gasteiger charge is -2.28. The van der Waals surface area contributed by atoms with Crippen LogP contribution in [0.25, 0.3) is 0 Å². The highest BCUT2D eigenvalue weighted by atomic mass is 16.5. The second-order valence-electron chi connectivity index (χ2n) is 3.29. The van der Waals surface area contributed by atoms with Crippen molar-refractivity contribution in [3.05, 3.63) is 0 Å². The molecule has 1 heterocycles. The average molecular weight is 157 g/mol. The molecule has 64 valence electrons. The molecule has 3 nitrogen and oxygen atoms in total. The van der Waals surface area contributed by atoms with Crippen molar-refractivity contribution in [3.63, 3.8) is 0 Å². The summed E-state index contributed by atoms with van der Waals surface area (Å²) in [4.78, 5) is 13.3. The van der Waals surface area contributed by atoms with Gasteiger partial charge in [0.1, 0.15) is 5.54 Å². The molecule has 1 saturated heterocycles. The maximum atomic E-state index is 11.3. The van der Waals surface area contributed by atoms with E-state index in [1.54, 1.807) is 0 Å². The van der Waals surface area contributed by atoms with E-state index in [9.17, 15) is 4.79 Å². The molecule has 3 heteroatoms. The van der Waals surface area contributed by atoms with Crippen molar-refractivity contribution in [2.24, 2.45) is 0 Å². The first-order chi connectivity index (χ1) is 5.11. The Morgan fingerprint density at radius 3 is 2.64 bits per heavy atom. The third-order valence-corrected chi connectivity index (χ3v) is 2.62. The summed E-state index contributed by atoms with van der Waals surface area (Å²) in [5.74, 6) is -0.113. The number of likely N-dealkylation sites (tertiary alicyclic amines) is 1. The van der Waals surface area contributed by atoms with Crippen LogP contribution in [0.1, 0.15) is 19.8 Å². The zero-order chi connectivity index (χ0) is 8.48. The topological polar surface area (TPSA) is 29.5 Å². The van der Waals surface area contributed by atoms with Crippen LogP contribution in [0.5, 0.6) is 0 Å². The number of esters is 1. The molecule has 1 fully saturated rings. The monoisotopic (exact) mass is 157 g/mol. The molecular formula is C8H15NO2. The number of likely N-dealkylation sites (N-methyl/N-ethyl adjacent to an activating group) is 1. The molecule has 0 radical (unpaired) electrons. The van der Waals surface area contributed by atoms with E-state index in [0.717, 1.165) is 19.4 Å². The second kappa shape index (κ2) is 2.81. The standard InChI is InChI=1S/C8H15NO2/c1-8(7(10)11-3)5-4-6-9(8)2/h4-6H2,1-3H3/t8-/m0/s1. The van der Waals surface area contributed by atoms with Gasteiger partial charge in [-0.3, -0.25) is 9.69 Å². The number of carbonyl (C=O) groups is 1. The van der Waals surface area contributed by atoms with E-state index in [4.69, 9.17) is 4.74 Å². The number of hydrogen-bond donors (Lipinski definition) is 0. The molecule has 0 unspecified atom stereocenters. The van der Waals surface area contributed by atoms with Crippen LogP contribution >= 0.6 is 0 Å². The summed E-state index contributed by atoms with van der Waals surface area (Å²) >= 11 is 0. The van der Waals surface area contributed by atoms with Crippen LogP contribution in [0.15, 0.2) is 0 Å². The van der Waals surface area contributed by atoms with E-state index in [0.29, 0.717) is 0 Å². The van der Waals surface area contributed by atoms with Crippen molar-refractivity contribution in [2.75, 3.05) is 20.7 Å². The largest absolute Gasteiger partial charge is 0.468 e. The van der Waals surface area contributed by atoms with Crippen molar-refractivity contribution in [1.29, 1.82) is 0 Å². The molecule has 0 amide bonds. The van der Waals surface area contributed by atoms with E-state index in [1.807, 2.05) is 14.0 Å². The van der Waals surface area contributed by atoms with Crippen LogP contribution in [0.4, 0.5) is 0 Å². The summed E-state index contributed by atoms with van der Waals surface area (Å²) in [7, 11) is 3.41. The maximum Gasteiger partial charge on any atom is 0.325 e. The molecule has 11 heavy (non-hydrogen) atoms. The fourth-order valence-corrected chi connectivity index (χ4v) is 1.58. The number of rotatable bonds is 1. The Kier molecular flexibility index (Phi) is 2.18.